The van der Waals surface area contributed by atoms with E-state index in [-0.39, 0.29) is 0 Å². The highest BCUT2D eigenvalue weighted by molar-refractivity contribution is 7.99. The second kappa shape index (κ2) is 4.27. The topological polar surface area (TPSA) is 76.2 Å². The second-order valence-corrected chi connectivity index (χ2v) is 3.86. The molecule has 0 saturated heterocycles. The maximum Gasteiger partial charge on any atom is 0.316 e. The number of rotatable bonds is 4. The third-order valence-corrected chi connectivity index (χ3v) is 2.49. The average molecular weight is 202 g/mol. The molecule has 1 N–H and O–H groups in total. The largest absolute Gasteiger partial charge is 0.480 e. The van der Waals surface area contributed by atoms with Crippen LogP contribution in [0.1, 0.15) is 18.6 Å². The van der Waals surface area contributed by atoms with Crippen molar-refractivity contribution < 1.29 is 14.4 Å². The predicted octanol–water partition coefficient (Wildman–Crippen LogP) is 1.08. The van der Waals surface area contributed by atoms with Crippen LogP contribution in [0.15, 0.2) is 4.52 Å². The first-order chi connectivity index (χ1) is 6.09. The van der Waals surface area contributed by atoms with Crippen LogP contribution in [0.4, 0.5) is 0 Å². The van der Waals surface area contributed by atoms with E-state index in [1.54, 1.807) is 13.8 Å². The fourth-order valence-corrected chi connectivity index (χ4v) is 1.32. The number of hydrogen-bond acceptors (Lipinski definition) is 5. The number of hydrogen-bond donors (Lipinski definition) is 1. The fraction of sp³-hybridized carbons (Fsp3) is 0.571. The molecule has 1 unspecified atom stereocenters. The Morgan fingerprint density at radius 1 is 1.77 bits per heavy atom. The number of aliphatic carboxylic acids is 1. The zero-order chi connectivity index (χ0) is 9.84. The third-order valence-electron chi connectivity index (χ3n) is 1.37. The smallest absolute Gasteiger partial charge is 0.316 e. The molecule has 0 fully saturated rings. The number of aryl methyl sites for hydroxylation is 1. The maximum atomic E-state index is 10.4. The summed E-state index contributed by atoms with van der Waals surface area (Å²) in [5, 5.41) is 11.7. The van der Waals surface area contributed by atoms with Crippen LogP contribution < -0.4 is 0 Å². The fourth-order valence-electron chi connectivity index (χ4n) is 0.666. The number of carbonyl (C=O) groups is 1. The van der Waals surface area contributed by atoms with Gasteiger partial charge in [0.05, 0.1) is 11.0 Å². The maximum absolute atomic E-state index is 10.4. The van der Waals surface area contributed by atoms with Crippen molar-refractivity contribution in [1.82, 2.24) is 10.1 Å². The Labute approximate surface area is 79.5 Å². The molecule has 1 atom stereocenters. The van der Waals surface area contributed by atoms with Gasteiger partial charge in [-0.3, -0.25) is 4.79 Å². The molecule has 1 aromatic rings. The lowest BCUT2D eigenvalue weighted by Crippen LogP contribution is -2.11. The summed E-state index contributed by atoms with van der Waals surface area (Å²) < 4.78 is 4.82. The molecule has 0 bridgehead atoms. The number of nitrogens with zero attached hydrogens (tertiary/aromatic N) is 2. The molecule has 0 spiro atoms. The summed E-state index contributed by atoms with van der Waals surface area (Å²) >= 11 is 1.26. The molecule has 0 aliphatic heterocycles. The van der Waals surface area contributed by atoms with Gasteiger partial charge in [-0.05, 0) is 13.8 Å². The molecule has 0 aromatic carbocycles. The standard InChI is InChI=1S/C7H10N2O3S/c1-4(7(10)11)13-3-6-8-5(2)9-12-6/h4H,3H2,1-2H3,(H,10,11). The SMILES string of the molecule is Cc1noc(CSC(C)C(=O)O)n1. The zero-order valence-electron chi connectivity index (χ0n) is 7.35. The zero-order valence-corrected chi connectivity index (χ0v) is 8.17. The molecule has 1 heterocycles. The summed E-state index contributed by atoms with van der Waals surface area (Å²) in [5.74, 6) is 0.643. The van der Waals surface area contributed by atoms with Crippen LogP contribution in [-0.2, 0) is 10.5 Å². The van der Waals surface area contributed by atoms with E-state index in [1.165, 1.54) is 11.8 Å². The van der Waals surface area contributed by atoms with Crippen molar-refractivity contribution in [2.75, 3.05) is 0 Å². The highest BCUT2D eigenvalue weighted by Crippen LogP contribution is 2.16. The van der Waals surface area contributed by atoms with Gasteiger partial charge in [-0.25, -0.2) is 0 Å². The highest BCUT2D eigenvalue weighted by Gasteiger charge is 2.13. The molecule has 72 valence electrons. The lowest BCUT2D eigenvalue weighted by Gasteiger charge is -2.01. The van der Waals surface area contributed by atoms with Gasteiger partial charge in [0.2, 0.25) is 5.89 Å². The van der Waals surface area contributed by atoms with Gasteiger partial charge in [-0.15, -0.1) is 11.8 Å². The summed E-state index contributed by atoms with van der Waals surface area (Å²) in [6, 6.07) is 0. The lowest BCUT2D eigenvalue weighted by atomic mass is 10.5. The van der Waals surface area contributed by atoms with Gasteiger partial charge in [0.1, 0.15) is 0 Å². The Hall–Kier alpha value is -1.04. The molecule has 0 radical (unpaired) electrons. The summed E-state index contributed by atoms with van der Waals surface area (Å²) in [6.07, 6.45) is 0. The van der Waals surface area contributed by atoms with Gasteiger partial charge in [0.25, 0.3) is 0 Å². The average Bonchev–Trinajstić information content (AvgIpc) is 2.47. The van der Waals surface area contributed by atoms with E-state index in [2.05, 4.69) is 10.1 Å². The molecule has 1 rings (SSSR count). The first-order valence-electron chi connectivity index (χ1n) is 3.73. The van der Waals surface area contributed by atoms with Gasteiger partial charge in [0.15, 0.2) is 5.82 Å². The minimum absolute atomic E-state index is 0.439. The highest BCUT2D eigenvalue weighted by atomic mass is 32.2. The van der Waals surface area contributed by atoms with Crippen LogP contribution in [0.3, 0.4) is 0 Å². The third kappa shape index (κ3) is 3.06. The van der Waals surface area contributed by atoms with Crippen molar-refractivity contribution in [2.45, 2.75) is 24.9 Å². The monoisotopic (exact) mass is 202 g/mol. The predicted molar refractivity (Wildman–Crippen MR) is 47.4 cm³/mol. The van der Waals surface area contributed by atoms with Crippen LogP contribution in [0, 0.1) is 6.92 Å². The van der Waals surface area contributed by atoms with E-state index < -0.39 is 11.2 Å². The second-order valence-electron chi connectivity index (χ2n) is 2.53. The summed E-state index contributed by atoms with van der Waals surface area (Å²) in [6.45, 7) is 3.34. The van der Waals surface area contributed by atoms with Crippen LogP contribution in [0.25, 0.3) is 0 Å². The molecule has 0 amide bonds. The summed E-state index contributed by atoms with van der Waals surface area (Å²) in [4.78, 5) is 14.4. The molecular formula is C7H10N2O3S. The molecular weight excluding hydrogens is 192 g/mol. The van der Waals surface area contributed by atoms with Gasteiger partial charge >= 0.3 is 5.97 Å². The Kier molecular flexibility index (Phi) is 3.30. The minimum atomic E-state index is -0.832. The van der Waals surface area contributed by atoms with Crippen molar-refractivity contribution in [1.29, 1.82) is 0 Å². The van der Waals surface area contributed by atoms with Crippen LogP contribution in [0.5, 0.6) is 0 Å². The number of carboxylic acid groups (broad SMARTS) is 1. The normalized spacial score (nSPS) is 12.8. The quantitative estimate of drug-likeness (QED) is 0.787. The van der Waals surface area contributed by atoms with Crippen molar-refractivity contribution in [3.8, 4) is 0 Å². The Balaban J connectivity index is 2.39. The van der Waals surface area contributed by atoms with Crippen molar-refractivity contribution in [3.63, 3.8) is 0 Å². The molecule has 13 heavy (non-hydrogen) atoms. The lowest BCUT2D eigenvalue weighted by molar-refractivity contribution is -0.136. The summed E-state index contributed by atoms with van der Waals surface area (Å²) in [5.41, 5.74) is 0. The van der Waals surface area contributed by atoms with Crippen molar-refractivity contribution in [2.24, 2.45) is 0 Å². The Morgan fingerprint density at radius 3 is 2.92 bits per heavy atom. The first kappa shape index (κ1) is 10.0. The molecule has 1 aromatic heterocycles. The molecule has 0 saturated carbocycles. The van der Waals surface area contributed by atoms with E-state index in [4.69, 9.17) is 9.63 Å². The van der Waals surface area contributed by atoms with E-state index in [0.717, 1.165) is 0 Å². The molecule has 5 nitrogen and oxygen atoms in total. The molecule has 0 aliphatic rings. The van der Waals surface area contributed by atoms with E-state index in [1.807, 2.05) is 0 Å². The van der Waals surface area contributed by atoms with Crippen LogP contribution >= 0.6 is 11.8 Å². The first-order valence-corrected chi connectivity index (χ1v) is 4.78. The number of aromatic nitrogens is 2. The summed E-state index contributed by atoms with van der Waals surface area (Å²) in [7, 11) is 0. The van der Waals surface area contributed by atoms with Gasteiger partial charge in [-0.2, -0.15) is 4.98 Å². The number of carboxylic acids is 1. The number of thioether (sulfide) groups is 1. The molecule has 6 heteroatoms. The van der Waals surface area contributed by atoms with Crippen molar-refractivity contribution >= 4 is 17.7 Å². The van der Waals surface area contributed by atoms with Crippen molar-refractivity contribution in [3.05, 3.63) is 11.7 Å². The van der Waals surface area contributed by atoms with Crippen LogP contribution in [-0.4, -0.2) is 26.5 Å². The van der Waals surface area contributed by atoms with Gasteiger partial charge < -0.3 is 9.63 Å². The minimum Gasteiger partial charge on any atom is -0.480 e. The van der Waals surface area contributed by atoms with E-state index in [0.29, 0.717) is 17.5 Å². The van der Waals surface area contributed by atoms with E-state index >= 15 is 0 Å². The molecule has 0 aliphatic carbocycles. The Morgan fingerprint density at radius 2 is 2.46 bits per heavy atom. The van der Waals surface area contributed by atoms with E-state index in [9.17, 15) is 4.79 Å². The van der Waals surface area contributed by atoms with Gasteiger partial charge in [-0.1, -0.05) is 5.16 Å². The van der Waals surface area contributed by atoms with Gasteiger partial charge in [0, 0.05) is 0 Å². The van der Waals surface area contributed by atoms with Crippen LogP contribution in [0.2, 0.25) is 0 Å². The Bertz CT molecular complexity index is 300.